The van der Waals surface area contributed by atoms with E-state index < -0.39 is 10.0 Å². The van der Waals surface area contributed by atoms with Crippen LogP contribution in [0.4, 0.5) is 0 Å². The maximum Gasteiger partial charge on any atom is 0.215 e. The van der Waals surface area contributed by atoms with Crippen molar-refractivity contribution in [2.24, 2.45) is 11.8 Å². The monoisotopic (exact) mass is 253 g/mol. The molecular formula is C9H16ClNO3S. The predicted molar refractivity (Wildman–Crippen MR) is 58.3 cm³/mol. The van der Waals surface area contributed by atoms with E-state index >= 15 is 0 Å². The second kappa shape index (κ2) is 4.20. The smallest absolute Gasteiger partial charge is 0.215 e. The molecule has 0 radical (unpaired) electrons. The van der Waals surface area contributed by atoms with E-state index in [4.69, 9.17) is 11.6 Å². The molecule has 1 N–H and O–H groups in total. The van der Waals surface area contributed by atoms with Gasteiger partial charge in [-0.15, -0.1) is 11.6 Å². The molecule has 2 aliphatic rings. The molecular weight excluding hydrogens is 238 g/mol. The van der Waals surface area contributed by atoms with Gasteiger partial charge < -0.3 is 5.11 Å². The maximum absolute atomic E-state index is 11.7. The van der Waals surface area contributed by atoms with Crippen LogP contribution in [0.25, 0.3) is 0 Å². The van der Waals surface area contributed by atoms with Gasteiger partial charge in [-0.05, 0) is 18.8 Å². The Balaban J connectivity index is 2.05. The topological polar surface area (TPSA) is 57.6 Å². The largest absolute Gasteiger partial charge is 0.393 e. The Morgan fingerprint density at radius 2 is 2.07 bits per heavy atom. The van der Waals surface area contributed by atoms with Gasteiger partial charge in [0.15, 0.2) is 0 Å². The van der Waals surface area contributed by atoms with Crippen LogP contribution in [0.1, 0.15) is 12.8 Å². The van der Waals surface area contributed by atoms with E-state index in [-0.39, 0.29) is 23.7 Å². The summed E-state index contributed by atoms with van der Waals surface area (Å²) in [6.07, 6.45) is 1.45. The summed E-state index contributed by atoms with van der Waals surface area (Å²) in [6.45, 7) is 1.05. The number of rotatable bonds is 3. The number of aliphatic hydroxyl groups excluding tert-OH is 1. The van der Waals surface area contributed by atoms with E-state index in [0.29, 0.717) is 19.0 Å². The van der Waals surface area contributed by atoms with Crippen LogP contribution in [0.5, 0.6) is 0 Å². The first-order chi connectivity index (χ1) is 7.04. The predicted octanol–water partition coefficient (Wildman–Crippen LogP) is 0.258. The van der Waals surface area contributed by atoms with Gasteiger partial charge in [0.05, 0.1) is 11.9 Å². The third-order valence-electron chi connectivity index (χ3n) is 3.51. The molecule has 0 spiro atoms. The van der Waals surface area contributed by atoms with Gasteiger partial charge in [0.1, 0.15) is 0 Å². The van der Waals surface area contributed by atoms with Gasteiger partial charge in [-0.25, -0.2) is 12.7 Å². The molecule has 1 saturated heterocycles. The van der Waals surface area contributed by atoms with Crippen molar-refractivity contribution in [1.82, 2.24) is 4.31 Å². The van der Waals surface area contributed by atoms with Gasteiger partial charge in [0.25, 0.3) is 0 Å². The Kier molecular flexibility index (Phi) is 3.26. The fraction of sp³-hybridized carbons (Fsp3) is 1.00. The summed E-state index contributed by atoms with van der Waals surface area (Å²) in [6, 6.07) is 0. The number of hydrogen-bond acceptors (Lipinski definition) is 3. The van der Waals surface area contributed by atoms with Crippen LogP contribution in [0.15, 0.2) is 0 Å². The minimum Gasteiger partial charge on any atom is -0.393 e. The van der Waals surface area contributed by atoms with Crippen molar-refractivity contribution in [2.75, 3.05) is 24.7 Å². The van der Waals surface area contributed by atoms with Gasteiger partial charge in [0.2, 0.25) is 10.0 Å². The molecule has 3 unspecified atom stereocenters. The standard InChI is InChI=1S/C9H16ClNO3S/c10-3-4-15(13,14)11-5-7-1-2-9(12)8(7)6-11/h7-9,12H,1-6H2. The summed E-state index contributed by atoms with van der Waals surface area (Å²) in [5, 5.41) is 9.67. The van der Waals surface area contributed by atoms with Crippen molar-refractivity contribution < 1.29 is 13.5 Å². The highest BCUT2D eigenvalue weighted by molar-refractivity contribution is 7.89. The van der Waals surface area contributed by atoms with Crippen molar-refractivity contribution in [2.45, 2.75) is 18.9 Å². The Bertz CT molecular complexity index is 332. The molecule has 1 aliphatic carbocycles. The highest BCUT2D eigenvalue weighted by Crippen LogP contribution is 2.39. The van der Waals surface area contributed by atoms with Gasteiger partial charge in [-0.3, -0.25) is 0 Å². The summed E-state index contributed by atoms with van der Waals surface area (Å²) >= 11 is 5.46. The average molecular weight is 254 g/mol. The molecule has 4 nitrogen and oxygen atoms in total. The lowest BCUT2D eigenvalue weighted by Crippen LogP contribution is -2.33. The quantitative estimate of drug-likeness (QED) is 0.734. The van der Waals surface area contributed by atoms with Gasteiger partial charge >= 0.3 is 0 Å². The number of fused-ring (bicyclic) bond motifs is 1. The Labute approximate surface area is 95.3 Å². The molecule has 3 atom stereocenters. The zero-order chi connectivity index (χ0) is 11.1. The fourth-order valence-corrected chi connectivity index (χ4v) is 4.51. The first kappa shape index (κ1) is 11.6. The number of aliphatic hydroxyl groups is 1. The second-order valence-corrected chi connectivity index (χ2v) is 6.86. The fourth-order valence-electron chi connectivity index (χ4n) is 2.65. The molecule has 0 bridgehead atoms. The molecule has 0 amide bonds. The van der Waals surface area contributed by atoms with E-state index in [2.05, 4.69) is 0 Å². The minimum absolute atomic E-state index is 0.00406. The molecule has 0 aromatic rings. The van der Waals surface area contributed by atoms with Crippen LogP contribution in [0.2, 0.25) is 0 Å². The Morgan fingerprint density at radius 3 is 2.67 bits per heavy atom. The maximum atomic E-state index is 11.7. The average Bonchev–Trinajstić information content (AvgIpc) is 2.69. The van der Waals surface area contributed by atoms with E-state index in [1.807, 2.05) is 0 Å². The van der Waals surface area contributed by atoms with Gasteiger partial charge in [0, 0.05) is 24.9 Å². The second-order valence-electron chi connectivity index (χ2n) is 4.39. The van der Waals surface area contributed by atoms with Crippen LogP contribution >= 0.6 is 11.6 Å². The lowest BCUT2D eigenvalue weighted by Gasteiger charge is -2.17. The van der Waals surface area contributed by atoms with Crippen molar-refractivity contribution in [3.8, 4) is 0 Å². The first-order valence-corrected chi connectivity index (χ1v) is 7.41. The number of nitrogens with zero attached hydrogens (tertiary/aromatic N) is 1. The van der Waals surface area contributed by atoms with Crippen molar-refractivity contribution in [1.29, 1.82) is 0 Å². The molecule has 2 fully saturated rings. The van der Waals surface area contributed by atoms with E-state index in [1.165, 1.54) is 4.31 Å². The summed E-state index contributed by atoms with van der Waals surface area (Å²) in [7, 11) is -3.19. The molecule has 88 valence electrons. The van der Waals surface area contributed by atoms with Gasteiger partial charge in [-0.2, -0.15) is 0 Å². The molecule has 6 heteroatoms. The highest BCUT2D eigenvalue weighted by atomic mass is 35.5. The van der Waals surface area contributed by atoms with Crippen LogP contribution < -0.4 is 0 Å². The van der Waals surface area contributed by atoms with E-state index in [0.717, 1.165) is 12.8 Å². The van der Waals surface area contributed by atoms with Gasteiger partial charge in [-0.1, -0.05) is 0 Å². The highest BCUT2D eigenvalue weighted by Gasteiger charge is 2.45. The molecule has 1 heterocycles. The number of hydrogen-bond donors (Lipinski definition) is 1. The van der Waals surface area contributed by atoms with E-state index in [1.54, 1.807) is 0 Å². The summed E-state index contributed by atoms with van der Waals surface area (Å²) < 4.78 is 25.0. The molecule has 2 rings (SSSR count). The molecule has 1 saturated carbocycles. The van der Waals surface area contributed by atoms with Crippen molar-refractivity contribution >= 4 is 21.6 Å². The third-order valence-corrected chi connectivity index (χ3v) is 5.73. The lowest BCUT2D eigenvalue weighted by atomic mass is 10.00. The zero-order valence-electron chi connectivity index (χ0n) is 8.47. The molecule has 0 aromatic heterocycles. The Hall–Kier alpha value is 0.160. The summed E-state index contributed by atoms with van der Waals surface area (Å²) in [5.74, 6) is 0.640. The molecule has 0 aromatic carbocycles. The number of halogens is 1. The first-order valence-electron chi connectivity index (χ1n) is 5.26. The number of sulfonamides is 1. The van der Waals surface area contributed by atoms with Crippen LogP contribution in [-0.4, -0.2) is 48.7 Å². The minimum atomic E-state index is -3.19. The lowest BCUT2D eigenvalue weighted by molar-refractivity contribution is 0.129. The SMILES string of the molecule is O=S(=O)(CCCl)N1CC2CCC(O)C2C1. The van der Waals surface area contributed by atoms with E-state index in [9.17, 15) is 13.5 Å². The third kappa shape index (κ3) is 2.16. The molecule has 15 heavy (non-hydrogen) atoms. The summed E-state index contributed by atoms with van der Waals surface area (Å²) in [4.78, 5) is 0. The summed E-state index contributed by atoms with van der Waals surface area (Å²) in [5.41, 5.74) is 0. The van der Waals surface area contributed by atoms with Crippen LogP contribution in [0.3, 0.4) is 0 Å². The zero-order valence-corrected chi connectivity index (χ0v) is 10.0. The molecule has 1 aliphatic heterocycles. The number of alkyl halides is 1. The van der Waals surface area contributed by atoms with Crippen molar-refractivity contribution in [3.63, 3.8) is 0 Å². The van der Waals surface area contributed by atoms with Crippen molar-refractivity contribution in [3.05, 3.63) is 0 Å². The van der Waals surface area contributed by atoms with Crippen LogP contribution in [0, 0.1) is 11.8 Å². The Morgan fingerprint density at radius 1 is 1.33 bits per heavy atom. The van der Waals surface area contributed by atoms with Crippen LogP contribution in [-0.2, 0) is 10.0 Å². The normalized spacial score (nSPS) is 37.1.